The third-order valence-corrected chi connectivity index (χ3v) is 4.56. The topological polar surface area (TPSA) is 123 Å². The van der Waals surface area contributed by atoms with Crippen LogP contribution in [-0.4, -0.2) is 49.6 Å². The summed E-state index contributed by atoms with van der Waals surface area (Å²) in [6.07, 6.45) is 0. The third kappa shape index (κ3) is 5.23. The Morgan fingerprint density at radius 2 is 1.90 bits per heavy atom. The summed E-state index contributed by atoms with van der Waals surface area (Å²) < 4.78 is 10.7. The number of hydrazine groups is 1. The number of amides is 2. The number of ether oxygens (including phenoxy) is 2. The van der Waals surface area contributed by atoms with E-state index < -0.39 is 16.7 Å². The van der Waals surface area contributed by atoms with E-state index in [1.165, 1.54) is 18.2 Å². The summed E-state index contributed by atoms with van der Waals surface area (Å²) in [5.74, 6) is -0.665. The number of para-hydroxylation sites is 1. The van der Waals surface area contributed by atoms with Crippen LogP contribution >= 0.6 is 0 Å². The molecule has 1 heterocycles. The van der Waals surface area contributed by atoms with E-state index in [-0.39, 0.29) is 17.9 Å². The SMILES string of the molecule is Cc1ccccc1OCC(=O)NNC(=O)c1cc([N+](=O)[O-])ccc1N1CCOCC1. The van der Waals surface area contributed by atoms with Gasteiger partial charge in [0.05, 0.1) is 29.4 Å². The van der Waals surface area contributed by atoms with Gasteiger partial charge in [0, 0.05) is 25.2 Å². The second-order valence-electron chi connectivity index (χ2n) is 6.61. The van der Waals surface area contributed by atoms with Crippen LogP contribution in [0.15, 0.2) is 42.5 Å². The minimum Gasteiger partial charge on any atom is -0.483 e. The van der Waals surface area contributed by atoms with Gasteiger partial charge in [0.15, 0.2) is 6.61 Å². The van der Waals surface area contributed by atoms with Gasteiger partial charge in [-0.15, -0.1) is 0 Å². The molecule has 2 N–H and O–H groups in total. The van der Waals surface area contributed by atoms with Gasteiger partial charge in [-0.3, -0.25) is 30.6 Å². The van der Waals surface area contributed by atoms with Crippen LogP contribution in [0.3, 0.4) is 0 Å². The summed E-state index contributed by atoms with van der Waals surface area (Å²) in [4.78, 5) is 37.2. The van der Waals surface area contributed by atoms with Crippen LogP contribution < -0.4 is 20.5 Å². The highest BCUT2D eigenvalue weighted by molar-refractivity contribution is 6.01. The van der Waals surface area contributed by atoms with Gasteiger partial charge in [-0.05, 0) is 24.6 Å². The Hall–Kier alpha value is -3.66. The van der Waals surface area contributed by atoms with Gasteiger partial charge in [-0.1, -0.05) is 18.2 Å². The number of nitrogens with one attached hydrogen (secondary N) is 2. The van der Waals surface area contributed by atoms with E-state index in [0.29, 0.717) is 37.7 Å². The van der Waals surface area contributed by atoms with E-state index in [9.17, 15) is 19.7 Å². The van der Waals surface area contributed by atoms with Gasteiger partial charge < -0.3 is 14.4 Å². The van der Waals surface area contributed by atoms with Gasteiger partial charge in [-0.2, -0.15) is 0 Å². The lowest BCUT2D eigenvalue weighted by molar-refractivity contribution is -0.384. The molecule has 1 aliphatic rings. The second-order valence-corrected chi connectivity index (χ2v) is 6.61. The van der Waals surface area contributed by atoms with E-state index in [4.69, 9.17) is 9.47 Å². The molecule has 10 nitrogen and oxygen atoms in total. The molecule has 0 bridgehead atoms. The Labute approximate surface area is 172 Å². The lowest BCUT2D eigenvalue weighted by atomic mass is 10.1. The molecule has 0 unspecified atom stereocenters. The summed E-state index contributed by atoms with van der Waals surface area (Å²) in [6, 6.07) is 11.3. The fraction of sp³-hybridized carbons (Fsp3) is 0.300. The smallest absolute Gasteiger partial charge is 0.276 e. The summed E-state index contributed by atoms with van der Waals surface area (Å²) in [6.45, 7) is 3.64. The Morgan fingerprint density at radius 3 is 2.60 bits per heavy atom. The largest absolute Gasteiger partial charge is 0.483 e. The average molecular weight is 414 g/mol. The predicted octanol–water partition coefficient (Wildman–Crippen LogP) is 1.58. The highest BCUT2D eigenvalue weighted by atomic mass is 16.6. The third-order valence-electron chi connectivity index (χ3n) is 4.56. The van der Waals surface area contributed by atoms with E-state index >= 15 is 0 Å². The number of non-ortho nitro benzene ring substituents is 1. The van der Waals surface area contributed by atoms with Gasteiger partial charge in [0.25, 0.3) is 17.5 Å². The molecular weight excluding hydrogens is 392 g/mol. The van der Waals surface area contributed by atoms with Gasteiger partial charge in [-0.25, -0.2) is 0 Å². The van der Waals surface area contributed by atoms with Crippen molar-refractivity contribution in [2.45, 2.75) is 6.92 Å². The van der Waals surface area contributed by atoms with E-state index in [0.717, 1.165) is 5.56 Å². The first-order chi connectivity index (χ1) is 14.5. The molecule has 30 heavy (non-hydrogen) atoms. The number of carbonyl (C=O) groups excluding carboxylic acids is 2. The standard InChI is InChI=1S/C20H22N4O6/c1-14-4-2-3-5-18(14)30-13-19(25)21-22-20(26)16-12-15(24(27)28)6-7-17(16)23-8-10-29-11-9-23/h2-7,12H,8-11,13H2,1H3,(H,21,25)(H,22,26). The van der Waals surface area contributed by atoms with Crippen molar-refractivity contribution in [2.24, 2.45) is 0 Å². The second kappa shape index (κ2) is 9.70. The van der Waals surface area contributed by atoms with Crippen molar-refractivity contribution in [1.82, 2.24) is 10.9 Å². The number of anilines is 1. The number of hydrogen-bond acceptors (Lipinski definition) is 7. The molecule has 0 atom stereocenters. The normalized spacial score (nSPS) is 13.4. The lowest BCUT2D eigenvalue weighted by Gasteiger charge is -2.30. The summed E-state index contributed by atoms with van der Waals surface area (Å²) in [5.41, 5.74) is 5.85. The molecule has 1 saturated heterocycles. The van der Waals surface area contributed by atoms with Crippen molar-refractivity contribution in [3.63, 3.8) is 0 Å². The Bertz CT molecular complexity index is 943. The molecule has 1 aliphatic heterocycles. The van der Waals surface area contributed by atoms with Gasteiger partial charge >= 0.3 is 0 Å². The fourth-order valence-electron chi connectivity index (χ4n) is 2.99. The molecule has 2 aromatic carbocycles. The van der Waals surface area contributed by atoms with Crippen LogP contribution in [0.5, 0.6) is 5.75 Å². The van der Waals surface area contributed by atoms with Gasteiger partial charge in [0.1, 0.15) is 5.75 Å². The lowest BCUT2D eigenvalue weighted by Crippen LogP contribution is -2.45. The Kier molecular flexibility index (Phi) is 6.81. The van der Waals surface area contributed by atoms with Gasteiger partial charge in [0.2, 0.25) is 0 Å². The van der Waals surface area contributed by atoms with Crippen LogP contribution in [-0.2, 0) is 9.53 Å². The zero-order chi connectivity index (χ0) is 21.5. The number of rotatable bonds is 6. The number of nitro benzene ring substituents is 1. The Balaban J connectivity index is 1.66. The maximum atomic E-state index is 12.7. The number of nitrogens with zero attached hydrogens (tertiary/aromatic N) is 2. The van der Waals surface area contributed by atoms with Crippen LogP contribution in [0.1, 0.15) is 15.9 Å². The molecule has 10 heteroatoms. The van der Waals surface area contributed by atoms with Crippen LogP contribution in [0, 0.1) is 17.0 Å². The highest BCUT2D eigenvalue weighted by Crippen LogP contribution is 2.26. The number of aryl methyl sites for hydroxylation is 1. The van der Waals surface area contributed by atoms with Crippen LogP contribution in [0.4, 0.5) is 11.4 Å². The van der Waals surface area contributed by atoms with Crippen molar-refractivity contribution in [3.05, 3.63) is 63.7 Å². The molecule has 0 aliphatic carbocycles. The van der Waals surface area contributed by atoms with Crippen molar-refractivity contribution in [3.8, 4) is 5.75 Å². The van der Waals surface area contributed by atoms with Crippen molar-refractivity contribution >= 4 is 23.2 Å². The zero-order valence-corrected chi connectivity index (χ0v) is 16.4. The number of carbonyl (C=O) groups is 2. The monoisotopic (exact) mass is 414 g/mol. The number of morpholine rings is 1. The molecule has 3 rings (SSSR count). The van der Waals surface area contributed by atoms with E-state index in [1.54, 1.807) is 12.1 Å². The summed E-state index contributed by atoms with van der Waals surface area (Å²) in [5, 5.41) is 11.1. The maximum absolute atomic E-state index is 12.7. The molecular formula is C20H22N4O6. The minimum absolute atomic E-state index is 0.0891. The zero-order valence-electron chi connectivity index (χ0n) is 16.4. The maximum Gasteiger partial charge on any atom is 0.276 e. The molecule has 0 spiro atoms. The first-order valence-corrected chi connectivity index (χ1v) is 9.34. The predicted molar refractivity (Wildman–Crippen MR) is 108 cm³/mol. The average Bonchev–Trinajstić information content (AvgIpc) is 2.77. The number of hydrogen-bond donors (Lipinski definition) is 2. The molecule has 0 aromatic heterocycles. The molecule has 158 valence electrons. The first kappa shape index (κ1) is 21.1. The molecule has 2 aromatic rings. The molecule has 2 amide bonds. The molecule has 0 saturated carbocycles. The quantitative estimate of drug-likeness (QED) is 0.543. The van der Waals surface area contributed by atoms with Crippen molar-refractivity contribution in [1.29, 1.82) is 0 Å². The number of benzene rings is 2. The number of nitro groups is 1. The van der Waals surface area contributed by atoms with E-state index in [1.807, 2.05) is 24.0 Å². The summed E-state index contributed by atoms with van der Waals surface area (Å²) >= 11 is 0. The fourth-order valence-corrected chi connectivity index (χ4v) is 2.99. The highest BCUT2D eigenvalue weighted by Gasteiger charge is 2.22. The van der Waals surface area contributed by atoms with Crippen molar-refractivity contribution in [2.75, 3.05) is 37.8 Å². The van der Waals surface area contributed by atoms with Crippen LogP contribution in [0.2, 0.25) is 0 Å². The first-order valence-electron chi connectivity index (χ1n) is 9.34. The molecule has 0 radical (unpaired) electrons. The minimum atomic E-state index is -0.663. The van der Waals surface area contributed by atoms with E-state index in [2.05, 4.69) is 10.9 Å². The Morgan fingerprint density at radius 1 is 1.17 bits per heavy atom. The van der Waals surface area contributed by atoms with Crippen molar-refractivity contribution < 1.29 is 24.0 Å². The molecule has 1 fully saturated rings. The summed E-state index contributed by atoms with van der Waals surface area (Å²) in [7, 11) is 0. The van der Waals surface area contributed by atoms with Crippen LogP contribution in [0.25, 0.3) is 0 Å².